The van der Waals surface area contributed by atoms with Gasteiger partial charge < -0.3 is 16.4 Å². The van der Waals surface area contributed by atoms with Crippen molar-refractivity contribution in [1.29, 1.82) is 0 Å². The zero-order valence-corrected chi connectivity index (χ0v) is 6.70. The van der Waals surface area contributed by atoms with Crippen molar-refractivity contribution in [3.63, 3.8) is 0 Å². The summed E-state index contributed by atoms with van der Waals surface area (Å²) in [6.07, 6.45) is 0. The van der Waals surface area contributed by atoms with Crippen molar-refractivity contribution in [3.8, 4) is 0 Å². The first-order chi connectivity index (χ1) is 0. The van der Waals surface area contributed by atoms with Crippen LogP contribution in [0.1, 0.15) is 0 Å². The minimum absolute atomic E-state index is 0. The van der Waals surface area contributed by atoms with Gasteiger partial charge in [-0.1, -0.05) is 0 Å². The maximum absolute atomic E-state index is 0. The Morgan fingerprint density at radius 2 is 0.667 bits per heavy atom. The Hall–Kier alpha value is 1.66. The molecule has 27 valence electrons. The smallest absolute Gasteiger partial charge is 2.00 e. The van der Waals surface area contributed by atoms with Crippen molar-refractivity contribution in [2.24, 2.45) is 0 Å². The molecule has 1 radical (unpaired) electrons. The fourth-order valence-corrected chi connectivity index (χ4v) is 0. The molecule has 6 heavy (non-hydrogen) atoms. The van der Waals surface area contributed by atoms with Crippen molar-refractivity contribution in [2.75, 3.05) is 0 Å². The zero-order valence-electron chi connectivity index (χ0n) is 2.71. The van der Waals surface area contributed by atoms with E-state index >= 15 is 0 Å². The molecule has 0 aliphatic rings. The van der Waals surface area contributed by atoms with Gasteiger partial charge in [0, 0.05) is 0 Å². The predicted octanol–water partition coefficient (Wildman–Crippen LogP) is -0.742. The molecule has 0 heterocycles. The van der Waals surface area contributed by atoms with Crippen LogP contribution in [0, 0.1) is 0 Å². The molecule has 0 saturated heterocycles. The van der Waals surface area contributed by atoms with Crippen LogP contribution < -0.4 is 0 Å². The van der Waals surface area contributed by atoms with Gasteiger partial charge in [0.2, 0.25) is 0 Å². The van der Waals surface area contributed by atoms with Crippen molar-refractivity contribution in [1.82, 2.24) is 0 Å². The summed E-state index contributed by atoms with van der Waals surface area (Å²) in [5, 5.41) is 0. The van der Waals surface area contributed by atoms with Crippen molar-refractivity contribution in [2.45, 2.75) is 0 Å². The summed E-state index contributed by atoms with van der Waals surface area (Å²) in [6, 6.07) is 0. The SMILES string of the molecule is [Al+3].[Cr+3].[O-2].[O-2].[O-2].[Ti+4]. The fraction of sp³-hybridized carbons (Fsp3) is 0. The molecule has 0 aromatic carbocycles. The molecule has 0 amide bonds. The van der Waals surface area contributed by atoms with Crippen LogP contribution in [-0.4, -0.2) is 17.4 Å². The van der Waals surface area contributed by atoms with Gasteiger partial charge in [0.05, 0.1) is 0 Å². The monoisotopic (exact) mass is 175 g/mol. The van der Waals surface area contributed by atoms with Crippen LogP contribution in [0.4, 0.5) is 0 Å². The average Bonchev–Trinajstić information content (AvgIpc) is 0. The Morgan fingerprint density at radius 1 is 0.667 bits per heavy atom. The van der Waals surface area contributed by atoms with Crippen LogP contribution >= 0.6 is 0 Å². The number of hydrogen-bond donors (Lipinski definition) is 0. The molecule has 0 rings (SSSR count). The first kappa shape index (κ1) is 123. The molecule has 0 aliphatic carbocycles. The van der Waals surface area contributed by atoms with Crippen molar-refractivity contribution >= 4 is 17.4 Å². The van der Waals surface area contributed by atoms with E-state index in [1.54, 1.807) is 0 Å². The van der Waals surface area contributed by atoms with Gasteiger partial charge in [0.15, 0.2) is 0 Å². The van der Waals surface area contributed by atoms with Gasteiger partial charge in [-0.25, -0.2) is 0 Å². The van der Waals surface area contributed by atoms with E-state index in [2.05, 4.69) is 0 Å². The molecule has 0 fully saturated rings. The van der Waals surface area contributed by atoms with Crippen molar-refractivity contribution < 1.29 is 55.5 Å². The Morgan fingerprint density at radius 3 is 0.667 bits per heavy atom. The van der Waals surface area contributed by atoms with E-state index in [9.17, 15) is 0 Å². The van der Waals surface area contributed by atoms with Gasteiger partial charge >= 0.3 is 56.4 Å². The summed E-state index contributed by atoms with van der Waals surface area (Å²) in [4.78, 5) is 0. The standard InChI is InChI=1S/Al.Cr.3O.Ti/q2*+3;3*-2;+4. The summed E-state index contributed by atoms with van der Waals surface area (Å²) >= 11 is 0. The summed E-state index contributed by atoms with van der Waals surface area (Å²) < 4.78 is 0. The third-order valence-corrected chi connectivity index (χ3v) is 0. The van der Waals surface area contributed by atoms with E-state index in [4.69, 9.17) is 0 Å². The third kappa shape index (κ3) is 44.6. The quantitative estimate of drug-likeness (QED) is 0.434. The van der Waals surface area contributed by atoms with E-state index in [1.165, 1.54) is 0 Å². The van der Waals surface area contributed by atoms with Gasteiger partial charge in [0.25, 0.3) is 0 Å². The molecule has 0 bridgehead atoms. The molecule has 0 aromatic heterocycles. The van der Waals surface area contributed by atoms with Gasteiger partial charge in [-0.15, -0.1) is 0 Å². The second kappa shape index (κ2) is 77.5. The average molecular weight is 175 g/mol. The van der Waals surface area contributed by atoms with E-state index < -0.39 is 0 Å². The Balaban J connectivity index is 0. The van der Waals surface area contributed by atoms with Crippen LogP contribution in [0.5, 0.6) is 0 Å². The molecule has 6 heteroatoms. The second-order valence-corrected chi connectivity index (χ2v) is 0. The van der Waals surface area contributed by atoms with E-state index in [0.29, 0.717) is 0 Å². The first-order valence-electron chi connectivity index (χ1n) is 0. The van der Waals surface area contributed by atoms with Gasteiger partial charge in [0.1, 0.15) is 0 Å². The summed E-state index contributed by atoms with van der Waals surface area (Å²) in [7, 11) is 0. The molecule has 0 aromatic rings. The third-order valence-electron chi connectivity index (χ3n) is 0. The summed E-state index contributed by atoms with van der Waals surface area (Å²) in [6.45, 7) is 0. The molecular weight excluding hydrogens is 175 g/mol. The molecular formula is AlCrO3Ti+4. The normalized spacial score (nSPS) is 0. The van der Waals surface area contributed by atoms with Crippen LogP contribution in [0.3, 0.4) is 0 Å². The Labute approximate surface area is 72.6 Å². The summed E-state index contributed by atoms with van der Waals surface area (Å²) in [5.41, 5.74) is 0. The van der Waals surface area contributed by atoms with Crippen LogP contribution in [0.25, 0.3) is 0 Å². The summed E-state index contributed by atoms with van der Waals surface area (Å²) in [5.74, 6) is 0. The fourth-order valence-electron chi connectivity index (χ4n) is 0. The number of rotatable bonds is 0. The predicted molar refractivity (Wildman–Crippen MR) is 7.81 cm³/mol. The molecule has 0 unspecified atom stereocenters. The maximum Gasteiger partial charge on any atom is 4.00 e. The van der Waals surface area contributed by atoms with E-state index in [1.807, 2.05) is 0 Å². The molecule has 0 spiro atoms. The van der Waals surface area contributed by atoms with E-state index in [0.717, 1.165) is 0 Å². The van der Waals surface area contributed by atoms with Gasteiger partial charge in [-0.3, -0.25) is 0 Å². The second-order valence-electron chi connectivity index (χ2n) is 0. The molecule has 0 aliphatic heterocycles. The molecule has 0 N–H and O–H groups in total. The topological polar surface area (TPSA) is 85.5 Å². The van der Waals surface area contributed by atoms with E-state index in [-0.39, 0.29) is 72.9 Å². The first-order valence-corrected chi connectivity index (χ1v) is 0. The molecule has 3 nitrogen and oxygen atoms in total. The zero-order chi connectivity index (χ0) is 0. The largest absolute Gasteiger partial charge is 4.00 e. The minimum Gasteiger partial charge on any atom is -2.00 e. The van der Waals surface area contributed by atoms with Crippen LogP contribution in [-0.2, 0) is 55.5 Å². The van der Waals surface area contributed by atoms with Crippen LogP contribution in [0.2, 0.25) is 0 Å². The van der Waals surface area contributed by atoms with Gasteiger partial charge in [-0.05, 0) is 0 Å². The minimum atomic E-state index is 0. The molecule has 0 saturated carbocycles. The van der Waals surface area contributed by atoms with Gasteiger partial charge in [-0.2, -0.15) is 0 Å². The van der Waals surface area contributed by atoms with Crippen molar-refractivity contribution in [3.05, 3.63) is 0 Å². The Kier molecular flexibility index (Phi) is 1590. The van der Waals surface area contributed by atoms with Crippen LogP contribution in [0.15, 0.2) is 0 Å². The maximum atomic E-state index is 0. The Bertz CT molecular complexity index is 10.8. The number of hydrogen-bond acceptors (Lipinski definition) is 0. The molecule has 0 atom stereocenters.